The number of ether oxygens (including phenoxy) is 1. The molecule has 1 aliphatic rings. The van der Waals surface area contributed by atoms with Crippen LogP contribution in [0.4, 0.5) is 0 Å². The Morgan fingerprint density at radius 1 is 1.14 bits per heavy atom. The van der Waals surface area contributed by atoms with Gasteiger partial charge in [0.25, 0.3) is 0 Å². The number of hydrogen-bond donors (Lipinski definition) is 0. The van der Waals surface area contributed by atoms with Gasteiger partial charge < -0.3 is 4.74 Å². The van der Waals surface area contributed by atoms with E-state index in [0.29, 0.717) is 12.5 Å². The van der Waals surface area contributed by atoms with E-state index in [0.717, 1.165) is 18.7 Å². The Balaban J connectivity index is 2.32. The third-order valence-corrected chi connectivity index (χ3v) is 4.54. The molecule has 1 saturated heterocycles. The molecule has 3 heteroatoms. The molecule has 2 unspecified atom stereocenters. The summed E-state index contributed by atoms with van der Waals surface area (Å²) in [6, 6.07) is 10.3. The molecule has 0 spiro atoms. The van der Waals surface area contributed by atoms with Crippen molar-refractivity contribution in [2.75, 3.05) is 19.7 Å². The molecule has 2 rings (SSSR count). The third kappa shape index (κ3) is 4.10. The summed E-state index contributed by atoms with van der Waals surface area (Å²) < 4.78 is 5.41. The van der Waals surface area contributed by atoms with E-state index >= 15 is 0 Å². The van der Waals surface area contributed by atoms with E-state index in [4.69, 9.17) is 4.74 Å². The number of rotatable bonds is 6. The molecule has 1 fully saturated rings. The van der Waals surface area contributed by atoms with Crippen LogP contribution in [0.2, 0.25) is 0 Å². The number of hydrogen-bond acceptors (Lipinski definition) is 3. The van der Waals surface area contributed by atoms with Crippen LogP contribution in [0.1, 0.15) is 51.5 Å². The van der Waals surface area contributed by atoms with Gasteiger partial charge in [-0.3, -0.25) is 9.69 Å². The van der Waals surface area contributed by atoms with Gasteiger partial charge in [0, 0.05) is 6.04 Å². The highest BCUT2D eigenvalue weighted by atomic mass is 16.5. The van der Waals surface area contributed by atoms with Crippen molar-refractivity contribution in [3.63, 3.8) is 0 Å². The van der Waals surface area contributed by atoms with Crippen molar-refractivity contribution in [2.24, 2.45) is 5.92 Å². The van der Waals surface area contributed by atoms with Crippen molar-refractivity contribution < 1.29 is 9.53 Å². The van der Waals surface area contributed by atoms with Crippen molar-refractivity contribution in [1.82, 2.24) is 4.90 Å². The Morgan fingerprint density at radius 2 is 1.77 bits per heavy atom. The molecule has 0 aliphatic carbocycles. The summed E-state index contributed by atoms with van der Waals surface area (Å²) >= 11 is 0. The van der Waals surface area contributed by atoms with Gasteiger partial charge in [0.2, 0.25) is 0 Å². The fraction of sp³-hybridized carbons (Fsp3) is 0.632. The highest BCUT2D eigenvalue weighted by molar-refractivity contribution is 5.79. The summed E-state index contributed by atoms with van der Waals surface area (Å²) in [6.45, 7) is 8.93. The van der Waals surface area contributed by atoms with Gasteiger partial charge in [0.05, 0.1) is 12.5 Å². The molecule has 22 heavy (non-hydrogen) atoms. The predicted octanol–water partition coefficient (Wildman–Crippen LogP) is 3.84. The Hall–Kier alpha value is -1.35. The first-order valence-electron chi connectivity index (χ1n) is 8.60. The van der Waals surface area contributed by atoms with Crippen molar-refractivity contribution >= 4 is 5.97 Å². The van der Waals surface area contributed by atoms with Crippen LogP contribution in [0.5, 0.6) is 0 Å². The molecule has 0 aromatic heterocycles. The lowest BCUT2D eigenvalue weighted by Gasteiger charge is -2.40. The van der Waals surface area contributed by atoms with Gasteiger partial charge in [0.1, 0.15) is 0 Å². The van der Waals surface area contributed by atoms with Crippen LogP contribution >= 0.6 is 0 Å². The maximum Gasteiger partial charge on any atom is 0.315 e. The molecule has 0 N–H and O–H groups in total. The molecule has 1 heterocycles. The zero-order chi connectivity index (χ0) is 15.9. The molecular formula is C19H29NO2. The van der Waals surface area contributed by atoms with E-state index in [-0.39, 0.29) is 17.9 Å². The summed E-state index contributed by atoms with van der Waals surface area (Å²) in [4.78, 5) is 15.2. The minimum absolute atomic E-state index is 0.0852. The van der Waals surface area contributed by atoms with Gasteiger partial charge in [-0.2, -0.15) is 0 Å². The molecular weight excluding hydrogens is 274 g/mol. The van der Waals surface area contributed by atoms with Crippen LogP contribution in [-0.4, -0.2) is 36.6 Å². The molecule has 0 saturated carbocycles. The van der Waals surface area contributed by atoms with E-state index in [1.165, 1.54) is 19.3 Å². The molecule has 122 valence electrons. The van der Waals surface area contributed by atoms with Gasteiger partial charge in [-0.1, -0.05) is 50.6 Å². The monoisotopic (exact) mass is 303 g/mol. The first-order valence-corrected chi connectivity index (χ1v) is 8.60. The SMILES string of the molecule is CCOC(=O)C(c1ccccc1)C(C(C)C)N1CCCCC1. The zero-order valence-electron chi connectivity index (χ0n) is 14.1. The molecule has 3 nitrogen and oxygen atoms in total. The van der Waals surface area contributed by atoms with Crippen LogP contribution in [0.15, 0.2) is 30.3 Å². The number of carbonyl (C=O) groups excluding carboxylic acids is 1. The van der Waals surface area contributed by atoms with Crippen LogP contribution in [0.3, 0.4) is 0 Å². The molecule has 0 bridgehead atoms. The van der Waals surface area contributed by atoms with E-state index in [9.17, 15) is 4.79 Å². The Bertz CT molecular complexity index is 452. The number of nitrogens with zero attached hydrogens (tertiary/aromatic N) is 1. The smallest absolute Gasteiger partial charge is 0.315 e. The van der Waals surface area contributed by atoms with Gasteiger partial charge >= 0.3 is 5.97 Å². The Labute approximate surface area is 134 Å². The molecule has 1 aromatic carbocycles. The van der Waals surface area contributed by atoms with Gasteiger partial charge in [-0.25, -0.2) is 0 Å². The third-order valence-electron chi connectivity index (χ3n) is 4.54. The number of piperidine rings is 1. The lowest BCUT2D eigenvalue weighted by molar-refractivity contribution is -0.147. The van der Waals surface area contributed by atoms with Crippen molar-refractivity contribution in [2.45, 2.75) is 52.0 Å². The van der Waals surface area contributed by atoms with Crippen molar-refractivity contribution in [3.05, 3.63) is 35.9 Å². The quantitative estimate of drug-likeness (QED) is 0.748. The largest absolute Gasteiger partial charge is 0.465 e. The fourth-order valence-corrected chi connectivity index (χ4v) is 3.60. The van der Waals surface area contributed by atoms with E-state index in [1.807, 2.05) is 25.1 Å². The highest BCUT2D eigenvalue weighted by Gasteiger charge is 2.37. The average molecular weight is 303 g/mol. The van der Waals surface area contributed by atoms with Gasteiger partial charge in [-0.15, -0.1) is 0 Å². The predicted molar refractivity (Wildman–Crippen MR) is 89.9 cm³/mol. The normalized spacial score (nSPS) is 18.9. The molecule has 0 radical (unpaired) electrons. The van der Waals surface area contributed by atoms with Gasteiger partial charge in [-0.05, 0) is 44.3 Å². The summed E-state index contributed by atoms with van der Waals surface area (Å²) in [6.07, 6.45) is 3.76. The van der Waals surface area contributed by atoms with Crippen LogP contribution in [0.25, 0.3) is 0 Å². The number of likely N-dealkylation sites (tertiary alicyclic amines) is 1. The van der Waals surface area contributed by atoms with Crippen LogP contribution in [-0.2, 0) is 9.53 Å². The molecule has 0 amide bonds. The standard InChI is InChI=1S/C19H29NO2/c1-4-22-19(21)17(16-11-7-5-8-12-16)18(15(2)3)20-13-9-6-10-14-20/h5,7-8,11-12,15,17-18H,4,6,9-10,13-14H2,1-3H3. The second-order valence-corrected chi connectivity index (χ2v) is 6.47. The lowest BCUT2D eigenvalue weighted by atomic mass is 9.83. The minimum Gasteiger partial charge on any atom is -0.465 e. The Morgan fingerprint density at radius 3 is 2.32 bits per heavy atom. The maximum atomic E-state index is 12.7. The maximum absolute atomic E-state index is 12.7. The van der Waals surface area contributed by atoms with Gasteiger partial charge in [0.15, 0.2) is 0 Å². The van der Waals surface area contributed by atoms with E-state index < -0.39 is 0 Å². The molecule has 2 atom stereocenters. The number of carbonyl (C=O) groups is 1. The second-order valence-electron chi connectivity index (χ2n) is 6.47. The lowest BCUT2D eigenvalue weighted by Crippen LogP contribution is -2.48. The molecule has 1 aromatic rings. The summed E-state index contributed by atoms with van der Waals surface area (Å²) in [5.41, 5.74) is 1.07. The van der Waals surface area contributed by atoms with Crippen LogP contribution in [0, 0.1) is 5.92 Å². The van der Waals surface area contributed by atoms with Crippen molar-refractivity contribution in [3.8, 4) is 0 Å². The van der Waals surface area contributed by atoms with E-state index in [1.54, 1.807) is 0 Å². The fourth-order valence-electron chi connectivity index (χ4n) is 3.60. The number of benzene rings is 1. The zero-order valence-corrected chi connectivity index (χ0v) is 14.1. The summed E-state index contributed by atoms with van der Waals surface area (Å²) in [5, 5.41) is 0. The Kier molecular flexibility index (Phi) is 6.44. The summed E-state index contributed by atoms with van der Waals surface area (Å²) in [7, 11) is 0. The summed E-state index contributed by atoms with van der Waals surface area (Å²) in [5.74, 6) is 0.130. The highest BCUT2D eigenvalue weighted by Crippen LogP contribution is 2.32. The molecule has 1 aliphatic heterocycles. The van der Waals surface area contributed by atoms with Crippen LogP contribution < -0.4 is 0 Å². The first-order chi connectivity index (χ1) is 10.6. The van der Waals surface area contributed by atoms with E-state index in [2.05, 4.69) is 30.9 Å². The topological polar surface area (TPSA) is 29.5 Å². The minimum atomic E-state index is -0.195. The average Bonchev–Trinajstić information content (AvgIpc) is 2.54. The first kappa shape index (κ1) is 17.0. The second kappa shape index (κ2) is 8.33. The number of esters is 1. The van der Waals surface area contributed by atoms with Crippen molar-refractivity contribution in [1.29, 1.82) is 0 Å².